The van der Waals surface area contributed by atoms with E-state index in [1.54, 1.807) is 6.92 Å². The first-order valence-electron chi connectivity index (χ1n) is 6.60. The molecule has 18 heavy (non-hydrogen) atoms. The van der Waals surface area contributed by atoms with Crippen molar-refractivity contribution in [1.29, 1.82) is 0 Å². The van der Waals surface area contributed by atoms with E-state index in [9.17, 15) is 4.79 Å². The van der Waals surface area contributed by atoms with Crippen molar-refractivity contribution < 1.29 is 4.79 Å². The summed E-state index contributed by atoms with van der Waals surface area (Å²) in [5.41, 5.74) is 5.77. The van der Waals surface area contributed by atoms with Gasteiger partial charge >= 0.3 is 0 Å². The molecule has 2 rings (SSSR count). The van der Waals surface area contributed by atoms with Crippen LogP contribution in [0, 0.1) is 12.8 Å². The number of aryl methyl sites for hydroxylation is 1. The van der Waals surface area contributed by atoms with E-state index in [2.05, 4.69) is 20.5 Å². The highest BCUT2D eigenvalue weighted by molar-refractivity contribution is 5.90. The van der Waals surface area contributed by atoms with Crippen LogP contribution in [0.25, 0.3) is 0 Å². The number of nitrogens with two attached hydrogens (primary N) is 1. The first-order chi connectivity index (χ1) is 8.70. The molecular formula is C12H21N5O. The highest BCUT2D eigenvalue weighted by Crippen LogP contribution is 2.26. The third kappa shape index (κ3) is 3.07. The monoisotopic (exact) mass is 251 g/mol. The van der Waals surface area contributed by atoms with Gasteiger partial charge in [0.05, 0.1) is 0 Å². The minimum absolute atomic E-state index is 0.0385. The largest absolute Gasteiger partial charge is 0.345 e. The van der Waals surface area contributed by atoms with E-state index in [4.69, 9.17) is 5.73 Å². The van der Waals surface area contributed by atoms with Gasteiger partial charge in [-0.05, 0) is 25.7 Å². The van der Waals surface area contributed by atoms with Crippen LogP contribution < -0.4 is 11.1 Å². The Balaban J connectivity index is 1.95. The van der Waals surface area contributed by atoms with Gasteiger partial charge in [0.2, 0.25) is 5.82 Å². The van der Waals surface area contributed by atoms with Gasteiger partial charge in [-0.15, -0.1) is 5.10 Å². The number of amides is 1. The molecule has 0 aromatic carbocycles. The molecule has 1 saturated carbocycles. The fourth-order valence-corrected chi connectivity index (χ4v) is 2.58. The van der Waals surface area contributed by atoms with Crippen LogP contribution in [0.4, 0.5) is 0 Å². The van der Waals surface area contributed by atoms with Gasteiger partial charge in [-0.3, -0.25) is 9.89 Å². The predicted octanol–water partition coefficient (Wildman–Crippen LogP) is 0.751. The van der Waals surface area contributed by atoms with Crippen LogP contribution in [0.3, 0.4) is 0 Å². The molecule has 0 aliphatic heterocycles. The van der Waals surface area contributed by atoms with Crippen LogP contribution >= 0.6 is 0 Å². The Morgan fingerprint density at radius 1 is 1.50 bits per heavy atom. The molecule has 1 fully saturated rings. The van der Waals surface area contributed by atoms with Crippen molar-refractivity contribution in [2.75, 3.05) is 6.54 Å². The van der Waals surface area contributed by atoms with Crippen molar-refractivity contribution in [2.24, 2.45) is 11.7 Å². The van der Waals surface area contributed by atoms with Gasteiger partial charge in [0, 0.05) is 12.6 Å². The lowest BCUT2D eigenvalue weighted by Crippen LogP contribution is -2.46. The standard InChI is InChI=1S/C12H21N5O/c1-8-14-11(17-16-8)12(18)15-10(7-13)9-5-3-2-4-6-9/h9-10H,2-7,13H2,1H3,(H,15,18)(H,14,16,17). The van der Waals surface area contributed by atoms with Gasteiger partial charge in [-0.25, -0.2) is 4.98 Å². The number of H-pyrrole nitrogens is 1. The molecule has 6 heteroatoms. The number of carbonyl (C=O) groups is 1. The first kappa shape index (κ1) is 13.0. The number of aromatic amines is 1. The maximum absolute atomic E-state index is 12.0. The van der Waals surface area contributed by atoms with Gasteiger partial charge < -0.3 is 11.1 Å². The smallest absolute Gasteiger partial charge is 0.291 e. The predicted molar refractivity (Wildman–Crippen MR) is 68.0 cm³/mol. The minimum atomic E-state index is -0.236. The molecule has 0 spiro atoms. The molecule has 0 bridgehead atoms. The van der Waals surface area contributed by atoms with E-state index in [1.807, 2.05) is 0 Å². The lowest BCUT2D eigenvalue weighted by molar-refractivity contribution is 0.0905. The van der Waals surface area contributed by atoms with Crippen LogP contribution in [0.15, 0.2) is 0 Å². The zero-order valence-electron chi connectivity index (χ0n) is 10.8. The topological polar surface area (TPSA) is 96.7 Å². The Hall–Kier alpha value is -1.43. The molecule has 1 aliphatic carbocycles. The van der Waals surface area contributed by atoms with Gasteiger partial charge in [0.1, 0.15) is 5.82 Å². The Labute approximate surface area is 107 Å². The van der Waals surface area contributed by atoms with Gasteiger partial charge in [0.25, 0.3) is 5.91 Å². The molecule has 1 atom stereocenters. The molecule has 1 aliphatic rings. The Kier molecular flexibility index (Phi) is 4.30. The number of aromatic nitrogens is 3. The number of nitrogens with zero attached hydrogens (tertiary/aromatic N) is 2. The summed E-state index contributed by atoms with van der Waals surface area (Å²) < 4.78 is 0. The zero-order chi connectivity index (χ0) is 13.0. The van der Waals surface area contributed by atoms with Crippen molar-refractivity contribution in [3.63, 3.8) is 0 Å². The normalized spacial score (nSPS) is 18.6. The maximum atomic E-state index is 12.0. The van der Waals surface area contributed by atoms with Crippen molar-refractivity contribution in [1.82, 2.24) is 20.5 Å². The fourth-order valence-electron chi connectivity index (χ4n) is 2.58. The molecular weight excluding hydrogens is 230 g/mol. The number of rotatable bonds is 4. The van der Waals surface area contributed by atoms with Gasteiger partial charge in [-0.1, -0.05) is 19.3 Å². The van der Waals surface area contributed by atoms with Gasteiger partial charge in [0.15, 0.2) is 0 Å². The number of hydrogen-bond acceptors (Lipinski definition) is 4. The summed E-state index contributed by atoms with van der Waals surface area (Å²) in [5.74, 6) is 1.09. The molecule has 1 aromatic rings. The average molecular weight is 251 g/mol. The Morgan fingerprint density at radius 3 is 2.78 bits per heavy atom. The zero-order valence-corrected chi connectivity index (χ0v) is 10.8. The van der Waals surface area contributed by atoms with Crippen LogP contribution in [-0.4, -0.2) is 33.7 Å². The summed E-state index contributed by atoms with van der Waals surface area (Å²) in [5, 5.41) is 9.48. The lowest BCUT2D eigenvalue weighted by atomic mass is 9.84. The van der Waals surface area contributed by atoms with Crippen LogP contribution in [0.2, 0.25) is 0 Å². The third-order valence-corrected chi connectivity index (χ3v) is 3.59. The minimum Gasteiger partial charge on any atom is -0.345 e. The first-order valence-corrected chi connectivity index (χ1v) is 6.60. The third-order valence-electron chi connectivity index (χ3n) is 3.59. The lowest BCUT2D eigenvalue weighted by Gasteiger charge is -2.29. The van der Waals surface area contributed by atoms with E-state index in [-0.39, 0.29) is 17.8 Å². The number of hydrogen-bond donors (Lipinski definition) is 3. The van der Waals surface area contributed by atoms with Gasteiger partial charge in [-0.2, -0.15) is 0 Å². The molecule has 1 aromatic heterocycles. The molecule has 1 amide bonds. The quantitative estimate of drug-likeness (QED) is 0.735. The van der Waals surface area contributed by atoms with Crippen molar-refractivity contribution in [2.45, 2.75) is 45.1 Å². The second kappa shape index (κ2) is 5.95. The summed E-state index contributed by atoms with van der Waals surface area (Å²) in [4.78, 5) is 16.0. The summed E-state index contributed by atoms with van der Waals surface area (Å²) in [6, 6.07) is 0.0385. The molecule has 1 heterocycles. The van der Waals surface area contributed by atoms with Crippen molar-refractivity contribution in [3.8, 4) is 0 Å². The van der Waals surface area contributed by atoms with E-state index >= 15 is 0 Å². The Bertz CT molecular complexity index is 397. The molecule has 6 nitrogen and oxygen atoms in total. The molecule has 0 saturated heterocycles. The average Bonchev–Trinajstić information content (AvgIpc) is 2.83. The van der Waals surface area contributed by atoms with E-state index < -0.39 is 0 Å². The van der Waals surface area contributed by atoms with E-state index in [1.165, 1.54) is 19.3 Å². The maximum Gasteiger partial charge on any atom is 0.291 e. The van der Waals surface area contributed by atoms with Crippen LogP contribution in [0.5, 0.6) is 0 Å². The van der Waals surface area contributed by atoms with E-state index in [0.29, 0.717) is 18.3 Å². The summed E-state index contributed by atoms with van der Waals surface area (Å²) >= 11 is 0. The molecule has 0 radical (unpaired) electrons. The van der Waals surface area contributed by atoms with Crippen LogP contribution in [0.1, 0.15) is 48.5 Å². The highest BCUT2D eigenvalue weighted by Gasteiger charge is 2.25. The molecule has 1 unspecified atom stereocenters. The highest BCUT2D eigenvalue weighted by atomic mass is 16.2. The fraction of sp³-hybridized carbons (Fsp3) is 0.750. The Morgan fingerprint density at radius 2 is 2.22 bits per heavy atom. The summed E-state index contributed by atoms with van der Waals surface area (Å²) in [7, 11) is 0. The van der Waals surface area contributed by atoms with Crippen molar-refractivity contribution >= 4 is 5.91 Å². The van der Waals surface area contributed by atoms with Crippen molar-refractivity contribution in [3.05, 3.63) is 11.6 Å². The molecule has 100 valence electrons. The van der Waals surface area contributed by atoms with Crippen LogP contribution in [-0.2, 0) is 0 Å². The second-order valence-electron chi connectivity index (χ2n) is 4.96. The second-order valence-corrected chi connectivity index (χ2v) is 4.96. The van der Waals surface area contributed by atoms with E-state index in [0.717, 1.165) is 12.8 Å². The summed E-state index contributed by atoms with van der Waals surface area (Å²) in [6.45, 7) is 2.24. The number of carbonyl (C=O) groups excluding carboxylic acids is 1. The SMILES string of the molecule is Cc1nc(C(=O)NC(CN)C2CCCCC2)n[nH]1. The summed E-state index contributed by atoms with van der Waals surface area (Å²) in [6.07, 6.45) is 6.06. The number of nitrogens with one attached hydrogen (secondary N) is 2. The molecule has 4 N–H and O–H groups in total.